The lowest BCUT2D eigenvalue weighted by Crippen LogP contribution is -2.59. The fourth-order valence-electron chi connectivity index (χ4n) is 16.3. The fraction of sp³-hybridized carbons (Fsp3) is 0. The standard InChI is InChI=1S/C90H56BN3/c1-5-23-57(24-6-1)61-31-21-33-65(47-61)70-35-13-15-37-72(70)67-49-78-74-39-17-19-41-82(74)93-86-55-69(92-84-53-63(59-27-9-3-10-28-59)43-45-76(84)77-46-44-64(54-85(77)92)60-29-11-4-12-30-60)56-87-88(86)91(80(51-67)89(78)93)81-52-68(50-79-75-40-18-20-42-83(75)94(87)90(79)81)73-38-16-14-36-71(73)66-34-22-32-62(48-66)58-25-7-2-8-26-58/h1-56H. The lowest BCUT2D eigenvalue weighted by molar-refractivity contribution is 1.10. The van der Waals surface area contributed by atoms with Crippen molar-refractivity contribution in [1.29, 1.82) is 0 Å². The highest BCUT2D eigenvalue weighted by atomic mass is 15.1. The van der Waals surface area contributed by atoms with E-state index in [1.807, 2.05) is 0 Å². The van der Waals surface area contributed by atoms with Crippen molar-refractivity contribution in [2.24, 2.45) is 0 Å². The van der Waals surface area contributed by atoms with Crippen molar-refractivity contribution in [3.63, 3.8) is 0 Å². The minimum Gasteiger partial charge on any atom is -0.310 e. The number of benzene rings is 15. The van der Waals surface area contributed by atoms with Crippen LogP contribution in [0.5, 0.6) is 0 Å². The maximum Gasteiger partial charge on any atom is 0.252 e. The average Bonchev–Trinajstić information content (AvgIpc) is 1.43. The molecule has 5 heterocycles. The molecule has 2 aliphatic rings. The molecule has 20 rings (SSSR count). The highest BCUT2D eigenvalue weighted by Crippen LogP contribution is 2.46. The number of hydrogen-bond donors (Lipinski definition) is 0. The molecule has 0 N–H and O–H groups in total. The molecule has 0 atom stereocenters. The van der Waals surface area contributed by atoms with Crippen LogP contribution in [0, 0.1) is 0 Å². The third kappa shape index (κ3) is 7.93. The Hall–Kier alpha value is -12.2. The van der Waals surface area contributed by atoms with E-state index in [9.17, 15) is 0 Å². The van der Waals surface area contributed by atoms with Gasteiger partial charge in [0.05, 0.1) is 27.8 Å². The summed E-state index contributed by atoms with van der Waals surface area (Å²) in [6, 6.07) is 127. The Morgan fingerprint density at radius 2 is 0.521 bits per heavy atom. The van der Waals surface area contributed by atoms with Gasteiger partial charge in [0.1, 0.15) is 0 Å². The molecule has 0 aliphatic carbocycles. The van der Waals surface area contributed by atoms with Gasteiger partial charge < -0.3 is 13.7 Å². The number of fused-ring (bicyclic) bond motifs is 13. The van der Waals surface area contributed by atoms with Crippen LogP contribution < -0.4 is 16.4 Å². The Morgan fingerprint density at radius 3 is 0.936 bits per heavy atom. The van der Waals surface area contributed by atoms with Crippen LogP contribution in [0.25, 0.3) is 171 Å². The van der Waals surface area contributed by atoms with Gasteiger partial charge in [0.2, 0.25) is 0 Å². The minimum atomic E-state index is -0.174. The Bertz CT molecular complexity index is 5780. The van der Waals surface area contributed by atoms with E-state index in [1.165, 1.54) is 171 Å². The average molecular weight is 1190 g/mol. The maximum atomic E-state index is 2.64. The molecule has 18 aromatic rings. The second-order valence-electron chi connectivity index (χ2n) is 25.5. The molecule has 3 nitrogen and oxygen atoms in total. The van der Waals surface area contributed by atoms with E-state index in [0.29, 0.717) is 0 Å². The monoisotopic (exact) mass is 1190 g/mol. The van der Waals surface area contributed by atoms with E-state index in [4.69, 9.17) is 0 Å². The zero-order chi connectivity index (χ0) is 61.5. The predicted molar refractivity (Wildman–Crippen MR) is 398 cm³/mol. The summed E-state index contributed by atoms with van der Waals surface area (Å²) in [5, 5.41) is 7.39. The van der Waals surface area contributed by atoms with Crippen molar-refractivity contribution in [3.05, 3.63) is 340 Å². The number of hydrogen-bond acceptors (Lipinski definition) is 0. The van der Waals surface area contributed by atoms with E-state index < -0.39 is 0 Å². The smallest absolute Gasteiger partial charge is 0.252 e. The minimum absolute atomic E-state index is 0.174. The van der Waals surface area contributed by atoms with E-state index in [-0.39, 0.29) is 6.71 Å². The first-order valence-corrected chi connectivity index (χ1v) is 32.7. The van der Waals surface area contributed by atoms with Crippen LogP contribution in [0.15, 0.2) is 340 Å². The first kappa shape index (κ1) is 52.5. The summed E-state index contributed by atoms with van der Waals surface area (Å²) in [4.78, 5) is 0. The van der Waals surface area contributed by atoms with Gasteiger partial charge in [0.15, 0.2) is 0 Å². The Morgan fingerprint density at radius 1 is 0.191 bits per heavy atom. The van der Waals surface area contributed by atoms with Gasteiger partial charge >= 0.3 is 0 Å². The van der Waals surface area contributed by atoms with E-state index in [1.54, 1.807) is 0 Å². The zero-order valence-corrected chi connectivity index (χ0v) is 51.3. The van der Waals surface area contributed by atoms with Crippen LogP contribution >= 0.6 is 0 Å². The van der Waals surface area contributed by atoms with Crippen LogP contribution in [0.2, 0.25) is 0 Å². The van der Waals surface area contributed by atoms with Crippen molar-refractivity contribution in [1.82, 2.24) is 13.7 Å². The van der Waals surface area contributed by atoms with Gasteiger partial charge in [-0.1, -0.05) is 279 Å². The van der Waals surface area contributed by atoms with Crippen LogP contribution in [0.3, 0.4) is 0 Å². The molecule has 0 saturated carbocycles. The van der Waals surface area contributed by atoms with Crippen LogP contribution in [-0.2, 0) is 0 Å². The summed E-state index contributed by atoms with van der Waals surface area (Å²) in [5.41, 5.74) is 33.7. The Labute approximate surface area is 544 Å². The molecule has 15 aromatic carbocycles. The summed E-state index contributed by atoms with van der Waals surface area (Å²) in [5.74, 6) is 0. The molecule has 3 aromatic heterocycles. The summed E-state index contributed by atoms with van der Waals surface area (Å²) in [7, 11) is 0. The third-order valence-electron chi connectivity index (χ3n) is 20.4. The third-order valence-corrected chi connectivity index (χ3v) is 20.4. The highest BCUT2D eigenvalue weighted by Gasteiger charge is 2.42. The first-order chi connectivity index (χ1) is 46.6. The molecule has 0 saturated heterocycles. The largest absolute Gasteiger partial charge is 0.310 e. The van der Waals surface area contributed by atoms with Gasteiger partial charge in [-0.25, -0.2) is 0 Å². The van der Waals surface area contributed by atoms with Crippen LogP contribution in [0.1, 0.15) is 0 Å². The van der Waals surface area contributed by atoms with E-state index in [2.05, 4.69) is 353 Å². The first-order valence-electron chi connectivity index (χ1n) is 32.7. The van der Waals surface area contributed by atoms with Crippen LogP contribution in [-0.4, -0.2) is 20.4 Å². The van der Waals surface area contributed by atoms with Gasteiger partial charge in [-0.2, -0.15) is 0 Å². The second-order valence-corrected chi connectivity index (χ2v) is 25.5. The normalized spacial score (nSPS) is 12.2. The van der Waals surface area contributed by atoms with Gasteiger partial charge in [-0.3, -0.25) is 0 Å². The predicted octanol–water partition coefficient (Wildman–Crippen LogP) is 21.5. The molecule has 0 radical (unpaired) electrons. The summed E-state index contributed by atoms with van der Waals surface area (Å²) >= 11 is 0. The van der Waals surface area contributed by atoms with Gasteiger partial charge in [-0.15, -0.1) is 0 Å². The Kier molecular flexibility index (Phi) is 11.5. The number of rotatable bonds is 9. The van der Waals surface area contributed by atoms with Crippen molar-refractivity contribution >= 4 is 88.5 Å². The van der Waals surface area contributed by atoms with Crippen LogP contribution in [0.4, 0.5) is 0 Å². The lowest BCUT2D eigenvalue weighted by atomic mass is 9.34. The van der Waals surface area contributed by atoms with E-state index in [0.717, 1.165) is 16.7 Å². The van der Waals surface area contributed by atoms with Crippen molar-refractivity contribution in [3.8, 4) is 106 Å². The summed E-state index contributed by atoms with van der Waals surface area (Å²) in [6.07, 6.45) is 0. The SMILES string of the molecule is c1ccc(-c2cccc(-c3ccccc3-c3cc4c5c(c3)c3ccccc3n5-c3cc(-n5c6cc(-c7ccccc7)ccc6c6ccc(-c7ccccc7)cc65)cc5c3B4c3cc(-c4ccccc4-c4cccc(-c6ccccc6)c4)cc4c6ccccc6n-5c34)c2)cc1. The summed E-state index contributed by atoms with van der Waals surface area (Å²) in [6.45, 7) is -0.174. The molecule has 2 aliphatic heterocycles. The van der Waals surface area contributed by atoms with Gasteiger partial charge in [0, 0.05) is 54.7 Å². The number of nitrogens with zero attached hydrogens (tertiary/aromatic N) is 3. The number of aromatic nitrogens is 3. The van der Waals surface area contributed by atoms with Crippen molar-refractivity contribution in [2.75, 3.05) is 0 Å². The van der Waals surface area contributed by atoms with Gasteiger partial charge in [0.25, 0.3) is 6.71 Å². The molecule has 94 heavy (non-hydrogen) atoms. The molecule has 0 spiro atoms. The maximum absolute atomic E-state index is 2.64. The molecule has 0 bridgehead atoms. The van der Waals surface area contributed by atoms with E-state index >= 15 is 0 Å². The molecular weight excluding hydrogens is 1130 g/mol. The molecule has 0 amide bonds. The molecule has 0 fully saturated rings. The quantitative estimate of drug-likeness (QED) is 0.128. The lowest BCUT2D eigenvalue weighted by Gasteiger charge is -2.35. The Balaban J connectivity index is 0.905. The number of para-hydroxylation sites is 2. The topological polar surface area (TPSA) is 14.8 Å². The molecule has 4 heteroatoms. The molecule has 0 unspecified atom stereocenters. The zero-order valence-electron chi connectivity index (χ0n) is 51.3. The fourth-order valence-corrected chi connectivity index (χ4v) is 16.3. The molecular formula is C90H56BN3. The highest BCUT2D eigenvalue weighted by molar-refractivity contribution is 7.00. The van der Waals surface area contributed by atoms with Crippen molar-refractivity contribution < 1.29 is 0 Å². The second kappa shape index (κ2) is 20.6. The molecule has 434 valence electrons. The summed E-state index contributed by atoms with van der Waals surface area (Å²) < 4.78 is 7.86. The van der Waals surface area contributed by atoms with Gasteiger partial charge in [-0.05, 0) is 166 Å². The van der Waals surface area contributed by atoms with Crippen molar-refractivity contribution in [2.45, 2.75) is 0 Å².